The molecule has 0 saturated carbocycles. The van der Waals surface area contributed by atoms with Crippen molar-refractivity contribution in [2.75, 3.05) is 6.54 Å². The number of likely N-dealkylation sites (tertiary alicyclic amines) is 1. The number of carbonyl (C=O) groups is 1. The molecule has 3 heterocycles. The quantitative estimate of drug-likeness (QED) is 0.656. The van der Waals surface area contributed by atoms with E-state index in [1.165, 1.54) is 11.1 Å². The molecule has 0 bridgehead atoms. The third kappa shape index (κ3) is 4.19. The van der Waals surface area contributed by atoms with Crippen LogP contribution in [0.2, 0.25) is 0 Å². The summed E-state index contributed by atoms with van der Waals surface area (Å²) in [5, 5.41) is 3.50. The van der Waals surface area contributed by atoms with E-state index < -0.39 is 0 Å². The van der Waals surface area contributed by atoms with E-state index in [1.54, 1.807) is 0 Å². The van der Waals surface area contributed by atoms with Gasteiger partial charge in [0.2, 0.25) is 5.91 Å². The number of hydrogen-bond acceptors (Lipinski definition) is 3. The van der Waals surface area contributed by atoms with E-state index in [4.69, 9.17) is 4.98 Å². The fourth-order valence-electron chi connectivity index (χ4n) is 3.79. The minimum Gasteiger partial charge on any atom is -0.334 e. The zero-order chi connectivity index (χ0) is 18.6. The van der Waals surface area contributed by atoms with Crippen molar-refractivity contribution in [2.45, 2.75) is 45.3 Å². The van der Waals surface area contributed by atoms with Crippen LogP contribution in [0, 0.1) is 6.92 Å². The van der Waals surface area contributed by atoms with Crippen molar-refractivity contribution < 1.29 is 4.79 Å². The lowest BCUT2D eigenvalue weighted by molar-refractivity contribution is -0.129. The Kier molecular flexibility index (Phi) is 5.21. The van der Waals surface area contributed by atoms with Gasteiger partial charge in [0.25, 0.3) is 0 Å². The van der Waals surface area contributed by atoms with E-state index in [-0.39, 0.29) is 5.91 Å². The number of nitrogens with zero attached hydrogens (tertiary/aromatic N) is 3. The Labute approximate surface area is 160 Å². The van der Waals surface area contributed by atoms with Gasteiger partial charge in [-0.05, 0) is 49.6 Å². The van der Waals surface area contributed by atoms with Crippen molar-refractivity contribution >= 4 is 11.6 Å². The number of carbonyl (C=O) groups excluding carboxylic acids is 1. The minimum atomic E-state index is 0.247. The zero-order valence-corrected chi connectivity index (χ0v) is 15.8. The van der Waals surface area contributed by atoms with Crippen LogP contribution in [-0.4, -0.2) is 32.8 Å². The summed E-state index contributed by atoms with van der Waals surface area (Å²) in [5.74, 6) is 0.247. The molecule has 1 fully saturated rings. The van der Waals surface area contributed by atoms with Crippen molar-refractivity contribution in [3.63, 3.8) is 0 Å². The van der Waals surface area contributed by atoms with Gasteiger partial charge >= 0.3 is 0 Å². The molecule has 0 spiro atoms. The summed E-state index contributed by atoms with van der Waals surface area (Å²) in [4.78, 5) is 19.1. The summed E-state index contributed by atoms with van der Waals surface area (Å²) in [6, 6.07) is 14.8. The molecular formula is C22H26N4O. The normalized spacial score (nSPS) is 17.1. The van der Waals surface area contributed by atoms with Crippen LogP contribution in [-0.2, 0) is 17.9 Å². The van der Waals surface area contributed by atoms with Gasteiger partial charge in [0.05, 0.1) is 12.2 Å². The van der Waals surface area contributed by atoms with Gasteiger partial charge in [-0.2, -0.15) is 0 Å². The lowest BCUT2D eigenvalue weighted by Crippen LogP contribution is -2.34. The third-order valence-electron chi connectivity index (χ3n) is 5.28. The van der Waals surface area contributed by atoms with Crippen LogP contribution in [0.3, 0.4) is 0 Å². The number of nitrogens with one attached hydrogen (secondary N) is 1. The monoisotopic (exact) mass is 362 g/mol. The highest BCUT2D eigenvalue weighted by molar-refractivity contribution is 5.78. The summed E-state index contributed by atoms with van der Waals surface area (Å²) in [5.41, 5.74) is 4.38. The fourth-order valence-corrected chi connectivity index (χ4v) is 3.79. The topological polar surface area (TPSA) is 49.6 Å². The number of aryl methyl sites for hydroxylation is 1. The van der Waals surface area contributed by atoms with E-state index in [0.717, 1.165) is 37.3 Å². The second kappa shape index (κ2) is 7.92. The van der Waals surface area contributed by atoms with Crippen LogP contribution >= 0.6 is 0 Å². The first-order valence-corrected chi connectivity index (χ1v) is 9.67. The summed E-state index contributed by atoms with van der Waals surface area (Å²) in [6.45, 7) is 4.45. The largest absolute Gasteiger partial charge is 0.334 e. The summed E-state index contributed by atoms with van der Waals surface area (Å²) in [7, 11) is 0. The maximum absolute atomic E-state index is 12.4. The minimum absolute atomic E-state index is 0.247. The molecule has 5 heteroatoms. The number of aromatic nitrogens is 2. The molecule has 0 aliphatic carbocycles. The SMILES string of the molecule is Cc1ccn2cc(CN3C(=O)CCC3CCNCc3ccccc3)nc2c1. The van der Waals surface area contributed by atoms with Crippen LogP contribution in [0.25, 0.3) is 5.65 Å². The van der Waals surface area contributed by atoms with Gasteiger partial charge < -0.3 is 14.6 Å². The summed E-state index contributed by atoms with van der Waals surface area (Å²) < 4.78 is 2.03. The number of imidazole rings is 1. The van der Waals surface area contributed by atoms with E-state index in [1.807, 2.05) is 27.8 Å². The van der Waals surface area contributed by atoms with Gasteiger partial charge in [0.1, 0.15) is 5.65 Å². The van der Waals surface area contributed by atoms with E-state index in [2.05, 4.69) is 48.6 Å². The number of fused-ring (bicyclic) bond motifs is 1. The average molecular weight is 362 g/mol. The van der Waals surface area contributed by atoms with Crippen LogP contribution in [0.4, 0.5) is 0 Å². The lowest BCUT2D eigenvalue weighted by Gasteiger charge is -2.24. The van der Waals surface area contributed by atoms with E-state index in [9.17, 15) is 4.79 Å². The molecule has 1 N–H and O–H groups in total. The van der Waals surface area contributed by atoms with E-state index in [0.29, 0.717) is 19.0 Å². The molecule has 1 unspecified atom stereocenters. The van der Waals surface area contributed by atoms with E-state index >= 15 is 0 Å². The van der Waals surface area contributed by atoms with Crippen LogP contribution in [0.1, 0.15) is 36.1 Å². The first kappa shape index (κ1) is 17.7. The van der Waals surface area contributed by atoms with Gasteiger partial charge in [0.15, 0.2) is 0 Å². The maximum atomic E-state index is 12.4. The lowest BCUT2D eigenvalue weighted by atomic mass is 10.1. The second-order valence-corrected chi connectivity index (χ2v) is 7.37. The highest BCUT2D eigenvalue weighted by atomic mass is 16.2. The van der Waals surface area contributed by atoms with Gasteiger partial charge in [0, 0.05) is 31.4 Å². The van der Waals surface area contributed by atoms with Crippen LogP contribution in [0.5, 0.6) is 0 Å². The highest BCUT2D eigenvalue weighted by Crippen LogP contribution is 2.23. The van der Waals surface area contributed by atoms with Gasteiger partial charge in [-0.1, -0.05) is 30.3 Å². The third-order valence-corrected chi connectivity index (χ3v) is 5.28. The number of hydrogen-bond donors (Lipinski definition) is 1. The molecule has 0 radical (unpaired) electrons. The van der Waals surface area contributed by atoms with Gasteiger partial charge in [-0.25, -0.2) is 4.98 Å². The number of benzene rings is 1. The zero-order valence-electron chi connectivity index (χ0n) is 15.8. The number of rotatable bonds is 7. The summed E-state index contributed by atoms with van der Waals surface area (Å²) in [6.07, 6.45) is 6.63. The van der Waals surface area contributed by atoms with Crippen LogP contribution in [0.15, 0.2) is 54.9 Å². The van der Waals surface area contributed by atoms with Crippen LogP contribution < -0.4 is 5.32 Å². The molecule has 27 heavy (non-hydrogen) atoms. The number of amides is 1. The first-order chi connectivity index (χ1) is 13.2. The molecule has 5 nitrogen and oxygen atoms in total. The Morgan fingerprint density at radius 3 is 2.93 bits per heavy atom. The summed E-state index contributed by atoms with van der Waals surface area (Å²) >= 11 is 0. The van der Waals surface area contributed by atoms with Crippen molar-refractivity contribution in [3.05, 3.63) is 71.7 Å². The van der Waals surface area contributed by atoms with Crippen molar-refractivity contribution in [1.82, 2.24) is 19.6 Å². The molecule has 1 saturated heterocycles. The second-order valence-electron chi connectivity index (χ2n) is 7.37. The number of pyridine rings is 1. The molecule has 3 aromatic rings. The van der Waals surface area contributed by atoms with Crippen molar-refractivity contribution in [2.24, 2.45) is 0 Å². The first-order valence-electron chi connectivity index (χ1n) is 9.67. The average Bonchev–Trinajstić information content (AvgIpc) is 3.23. The molecule has 1 amide bonds. The Bertz CT molecular complexity index is 918. The van der Waals surface area contributed by atoms with Crippen molar-refractivity contribution in [3.8, 4) is 0 Å². The molecule has 4 rings (SSSR count). The molecule has 1 aliphatic heterocycles. The predicted octanol–water partition coefficient (Wildman–Crippen LogP) is 3.31. The Morgan fingerprint density at radius 2 is 2.07 bits per heavy atom. The molecular weight excluding hydrogens is 336 g/mol. The maximum Gasteiger partial charge on any atom is 0.223 e. The highest BCUT2D eigenvalue weighted by Gasteiger charge is 2.30. The Morgan fingerprint density at radius 1 is 1.22 bits per heavy atom. The fraction of sp³-hybridized carbons (Fsp3) is 0.364. The molecule has 2 aromatic heterocycles. The molecule has 1 aliphatic rings. The predicted molar refractivity (Wildman–Crippen MR) is 106 cm³/mol. The Balaban J connectivity index is 1.34. The van der Waals surface area contributed by atoms with Gasteiger partial charge in [-0.3, -0.25) is 4.79 Å². The smallest absolute Gasteiger partial charge is 0.223 e. The van der Waals surface area contributed by atoms with Crippen molar-refractivity contribution in [1.29, 1.82) is 0 Å². The molecule has 1 aromatic carbocycles. The molecule has 140 valence electrons. The Hall–Kier alpha value is -2.66. The standard InChI is InChI=1S/C22H26N4O/c1-17-10-12-25-15-19(24-21(25)13-17)16-26-20(7-8-22(26)27)9-11-23-14-18-5-3-2-4-6-18/h2-6,10,12-13,15,20,23H,7-9,11,14,16H2,1H3. The van der Waals surface area contributed by atoms with Gasteiger partial charge in [-0.15, -0.1) is 0 Å². The molecule has 1 atom stereocenters.